The van der Waals surface area contributed by atoms with E-state index in [1.54, 1.807) is 0 Å². The molecule has 1 saturated heterocycles. The maximum Gasteiger partial charge on any atom is 0.0211 e. The number of nitrogens with zero attached hydrogens (tertiary/aromatic N) is 1. The van der Waals surface area contributed by atoms with Gasteiger partial charge in [0.1, 0.15) is 0 Å². The highest BCUT2D eigenvalue weighted by atomic mass is 15.3. The van der Waals surface area contributed by atoms with Crippen LogP contribution < -0.4 is 0 Å². The molecule has 1 nitrogen and oxygen atoms in total. The average Bonchev–Trinajstić information content (AvgIpc) is 2.63. The molecule has 1 atom stereocenters. The zero-order chi connectivity index (χ0) is 7.19. The predicted molar refractivity (Wildman–Crippen MR) is 43.0 cm³/mol. The van der Waals surface area contributed by atoms with Gasteiger partial charge in [0.25, 0.3) is 0 Å². The highest BCUT2D eigenvalue weighted by molar-refractivity contribution is 5.08. The minimum atomic E-state index is 0.709. The molecule has 2 rings (SSSR count). The highest BCUT2D eigenvalue weighted by Crippen LogP contribution is 2.51. The van der Waals surface area contributed by atoms with Crippen molar-refractivity contribution in [2.24, 2.45) is 0 Å². The van der Waals surface area contributed by atoms with Gasteiger partial charge in [-0.15, -0.1) is 0 Å². The molecule has 0 radical (unpaired) electrons. The zero-order valence-electron chi connectivity index (χ0n) is 7.06. The van der Waals surface area contributed by atoms with Crippen LogP contribution in [0.1, 0.15) is 39.0 Å². The molecule has 1 saturated carbocycles. The van der Waals surface area contributed by atoms with Crippen molar-refractivity contribution in [3.63, 3.8) is 0 Å². The molecule has 2 aliphatic rings. The second-order valence-corrected chi connectivity index (χ2v) is 3.94. The summed E-state index contributed by atoms with van der Waals surface area (Å²) in [6.45, 7) is 2.31. The Morgan fingerprint density at radius 2 is 2.10 bits per heavy atom. The Balaban J connectivity index is 2.05. The van der Waals surface area contributed by atoms with Crippen LogP contribution in [-0.4, -0.2) is 23.5 Å². The molecule has 0 N–H and O–H groups in total. The second kappa shape index (κ2) is 1.97. The minimum absolute atomic E-state index is 0.709. The molecular weight excluding hydrogens is 122 g/mol. The van der Waals surface area contributed by atoms with Gasteiger partial charge in [0, 0.05) is 11.6 Å². The van der Waals surface area contributed by atoms with E-state index in [1.807, 2.05) is 0 Å². The predicted octanol–water partition coefficient (Wildman–Crippen LogP) is 2.02. The van der Waals surface area contributed by atoms with Crippen molar-refractivity contribution in [2.75, 3.05) is 7.05 Å². The summed E-state index contributed by atoms with van der Waals surface area (Å²) < 4.78 is 0. The van der Waals surface area contributed by atoms with Gasteiger partial charge < -0.3 is 0 Å². The summed E-state index contributed by atoms with van der Waals surface area (Å²) in [6, 6.07) is 0.905. The lowest BCUT2D eigenvalue weighted by atomic mass is 10.1. The summed E-state index contributed by atoms with van der Waals surface area (Å²) in [5, 5.41) is 0. The van der Waals surface area contributed by atoms with Crippen LogP contribution in [-0.2, 0) is 0 Å². The number of likely N-dealkylation sites (tertiary alicyclic amines) is 1. The van der Waals surface area contributed by atoms with Gasteiger partial charge in [-0.25, -0.2) is 0 Å². The van der Waals surface area contributed by atoms with Crippen LogP contribution in [0.15, 0.2) is 0 Å². The van der Waals surface area contributed by atoms with E-state index >= 15 is 0 Å². The van der Waals surface area contributed by atoms with Gasteiger partial charge in [0.05, 0.1) is 0 Å². The Hall–Kier alpha value is -0.0400. The fourth-order valence-electron chi connectivity index (χ4n) is 2.42. The van der Waals surface area contributed by atoms with Crippen molar-refractivity contribution in [3.05, 3.63) is 0 Å². The standard InChI is InChI=1S/C9H17N/c1-3-8-4-5-9(6-7-9)10(8)2/h8H,3-7H2,1-2H3/t8-/m1/s1. The molecule has 1 heterocycles. The number of hydrogen-bond acceptors (Lipinski definition) is 1. The molecule has 1 aliphatic carbocycles. The molecule has 0 amide bonds. The van der Waals surface area contributed by atoms with Crippen molar-refractivity contribution in [1.29, 1.82) is 0 Å². The van der Waals surface area contributed by atoms with E-state index < -0.39 is 0 Å². The molecule has 2 fully saturated rings. The third-order valence-corrected chi connectivity index (χ3v) is 3.54. The lowest BCUT2D eigenvalue weighted by Crippen LogP contribution is -2.33. The monoisotopic (exact) mass is 139 g/mol. The van der Waals surface area contributed by atoms with Crippen LogP contribution in [0.5, 0.6) is 0 Å². The lowest BCUT2D eigenvalue weighted by molar-refractivity contribution is 0.220. The van der Waals surface area contributed by atoms with Gasteiger partial charge in [0.2, 0.25) is 0 Å². The van der Waals surface area contributed by atoms with Crippen LogP contribution >= 0.6 is 0 Å². The largest absolute Gasteiger partial charge is 0.298 e. The smallest absolute Gasteiger partial charge is 0.0211 e. The van der Waals surface area contributed by atoms with Crippen molar-refractivity contribution < 1.29 is 0 Å². The first-order chi connectivity index (χ1) is 4.78. The molecule has 0 aromatic heterocycles. The maximum atomic E-state index is 2.63. The molecule has 0 aromatic carbocycles. The van der Waals surface area contributed by atoms with E-state index in [2.05, 4.69) is 18.9 Å². The summed E-state index contributed by atoms with van der Waals surface area (Å²) in [5.74, 6) is 0. The van der Waals surface area contributed by atoms with Gasteiger partial charge in [-0.3, -0.25) is 4.90 Å². The van der Waals surface area contributed by atoms with Crippen molar-refractivity contribution in [2.45, 2.75) is 50.6 Å². The zero-order valence-corrected chi connectivity index (χ0v) is 7.06. The van der Waals surface area contributed by atoms with Gasteiger partial charge in [-0.2, -0.15) is 0 Å². The Morgan fingerprint density at radius 3 is 2.40 bits per heavy atom. The second-order valence-electron chi connectivity index (χ2n) is 3.94. The van der Waals surface area contributed by atoms with E-state index in [-0.39, 0.29) is 0 Å². The van der Waals surface area contributed by atoms with Crippen LogP contribution in [0.2, 0.25) is 0 Å². The Kier molecular flexibility index (Phi) is 1.31. The van der Waals surface area contributed by atoms with E-state index in [4.69, 9.17) is 0 Å². The maximum absolute atomic E-state index is 2.63. The van der Waals surface area contributed by atoms with Crippen LogP contribution in [0.4, 0.5) is 0 Å². The quantitative estimate of drug-likeness (QED) is 0.537. The summed E-state index contributed by atoms with van der Waals surface area (Å²) in [7, 11) is 2.31. The van der Waals surface area contributed by atoms with E-state index in [0.717, 1.165) is 6.04 Å². The van der Waals surface area contributed by atoms with E-state index in [9.17, 15) is 0 Å². The molecule has 58 valence electrons. The molecule has 0 unspecified atom stereocenters. The first-order valence-electron chi connectivity index (χ1n) is 4.51. The van der Waals surface area contributed by atoms with Gasteiger partial charge in [-0.1, -0.05) is 6.92 Å². The number of rotatable bonds is 1. The SMILES string of the molecule is CC[C@@H]1CCC2(CC2)N1C. The highest BCUT2D eigenvalue weighted by Gasteiger charge is 2.51. The molecule has 0 aromatic rings. The summed E-state index contributed by atoms with van der Waals surface area (Å²) in [6.07, 6.45) is 7.22. The third-order valence-electron chi connectivity index (χ3n) is 3.54. The first-order valence-corrected chi connectivity index (χ1v) is 4.51. The van der Waals surface area contributed by atoms with Gasteiger partial charge >= 0.3 is 0 Å². The third kappa shape index (κ3) is 0.731. The van der Waals surface area contributed by atoms with Crippen molar-refractivity contribution in [3.8, 4) is 0 Å². The number of hydrogen-bond donors (Lipinski definition) is 0. The summed E-state index contributed by atoms with van der Waals surface area (Å²) >= 11 is 0. The molecule has 1 heteroatoms. The van der Waals surface area contributed by atoms with Gasteiger partial charge in [-0.05, 0) is 39.2 Å². The molecule has 1 aliphatic heterocycles. The molecule has 0 bridgehead atoms. The fraction of sp³-hybridized carbons (Fsp3) is 1.00. The average molecular weight is 139 g/mol. The Morgan fingerprint density at radius 1 is 1.40 bits per heavy atom. The van der Waals surface area contributed by atoms with Crippen molar-refractivity contribution in [1.82, 2.24) is 4.90 Å². The summed E-state index contributed by atoms with van der Waals surface area (Å²) in [5.41, 5.74) is 0.709. The lowest BCUT2D eigenvalue weighted by Gasteiger charge is -2.24. The normalized spacial score (nSPS) is 37.2. The fourth-order valence-corrected chi connectivity index (χ4v) is 2.42. The summed E-state index contributed by atoms with van der Waals surface area (Å²) in [4.78, 5) is 2.63. The van der Waals surface area contributed by atoms with Crippen molar-refractivity contribution >= 4 is 0 Å². The topological polar surface area (TPSA) is 3.24 Å². The molecule has 1 spiro atoms. The van der Waals surface area contributed by atoms with E-state index in [0.29, 0.717) is 5.54 Å². The van der Waals surface area contributed by atoms with E-state index in [1.165, 1.54) is 32.1 Å². The van der Waals surface area contributed by atoms with Crippen LogP contribution in [0.25, 0.3) is 0 Å². The van der Waals surface area contributed by atoms with Gasteiger partial charge in [0.15, 0.2) is 0 Å². The van der Waals surface area contributed by atoms with Crippen LogP contribution in [0.3, 0.4) is 0 Å². The Bertz CT molecular complexity index is 138. The first kappa shape index (κ1) is 6.66. The van der Waals surface area contributed by atoms with Crippen LogP contribution in [0, 0.1) is 0 Å². The Labute approximate surface area is 63.4 Å². The molecule has 10 heavy (non-hydrogen) atoms. The molecular formula is C9H17N. The minimum Gasteiger partial charge on any atom is -0.298 e.